The van der Waals surface area contributed by atoms with E-state index in [0.29, 0.717) is 45.3 Å². The Kier molecular flexibility index (Phi) is 17.8. The summed E-state index contributed by atoms with van der Waals surface area (Å²) in [6, 6.07) is 4.00. The van der Waals surface area contributed by atoms with Crippen molar-refractivity contribution >= 4 is 29.3 Å². The molecule has 2 heterocycles. The number of unbranched alkanes of at least 4 members (excludes halogenated alkanes) is 13. The Labute approximate surface area is 269 Å². The molecule has 4 amide bonds. The first-order valence-corrected chi connectivity index (χ1v) is 17.4. The van der Waals surface area contributed by atoms with Gasteiger partial charge in [0.2, 0.25) is 11.8 Å². The monoisotopic (exact) mass is 629 g/mol. The van der Waals surface area contributed by atoms with Crippen LogP contribution in [0.5, 0.6) is 0 Å². The number of rotatable bonds is 26. The fourth-order valence-corrected chi connectivity index (χ4v) is 5.86. The highest BCUT2D eigenvalue weighted by Crippen LogP contribution is 2.32. The number of imide groups is 2. The Morgan fingerprint density at radius 3 is 1.87 bits per heavy atom. The number of fused-ring (bicyclic) bond motifs is 1. The van der Waals surface area contributed by atoms with E-state index in [9.17, 15) is 19.2 Å². The predicted octanol–water partition coefficient (Wildman–Crippen LogP) is 6.03. The maximum atomic E-state index is 13.1. The van der Waals surface area contributed by atoms with E-state index in [4.69, 9.17) is 14.2 Å². The molecule has 1 aromatic carbocycles. The van der Waals surface area contributed by atoms with Crippen LogP contribution in [0.4, 0.5) is 5.69 Å². The van der Waals surface area contributed by atoms with Gasteiger partial charge in [0.25, 0.3) is 11.8 Å². The number of nitrogens with zero attached hydrogens (tertiary/aromatic N) is 1. The van der Waals surface area contributed by atoms with Crippen LogP contribution >= 0.6 is 0 Å². The van der Waals surface area contributed by atoms with Crippen LogP contribution in [-0.4, -0.2) is 80.8 Å². The van der Waals surface area contributed by atoms with Crippen LogP contribution in [-0.2, 0) is 23.8 Å². The Morgan fingerprint density at radius 2 is 1.27 bits per heavy atom. The molecule has 1 aromatic rings. The zero-order chi connectivity index (χ0) is 32.1. The van der Waals surface area contributed by atoms with Crippen LogP contribution in [0.25, 0.3) is 0 Å². The third-order valence-corrected chi connectivity index (χ3v) is 8.42. The smallest absolute Gasteiger partial charge is 0.264 e. The van der Waals surface area contributed by atoms with Gasteiger partial charge in [-0.05, 0) is 25.0 Å². The van der Waals surface area contributed by atoms with Crippen molar-refractivity contribution in [2.45, 2.75) is 116 Å². The zero-order valence-electron chi connectivity index (χ0n) is 27.4. The summed E-state index contributed by atoms with van der Waals surface area (Å²) in [6.45, 7) is 5.91. The highest BCUT2D eigenvalue weighted by molar-refractivity contribution is 6.25. The molecule has 0 spiro atoms. The molecular formula is C35H55N3O7. The van der Waals surface area contributed by atoms with Gasteiger partial charge in [-0.2, -0.15) is 0 Å². The van der Waals surface area contributed by atoms with Gasteiger partial charge >= 0.3 is 0 Å². The van der Waals surface area contributed by atoms with E-state index in [1.54, 1.807) is 18.2 Å². The summed E-state index contributed by atoms with van der Waals surface area (Å²) in [4.78, 5) is 50.8. The largest absolute Gasteiger partial charge is 0.382 e. The highest BCUT2D eigenvalue weighted by atomic mass is 16.5. The molecule has 45 heavy (non-hydrogen) atoms. The average molecular weight is 630 g/mol. The standard InChI is InChI=1S/C35H55N3O7/c1-2-3-4-5-6-7-8-9-10-11-12-13-14-15-22-43-24-26-45-27-25-44-23-21-36-29-18-16-17-28-32(29)35(42)38(34(28)41)30-19-20-31(39)37-33(30)40/h16-18,30,36H,2-15,19-27H2,1H3,(H,37,39,40). The number of nitrogens with one attached hydrogen (secondary N) is 2. The lowest BCUT2D eigenvalue weighted by molar-refractivity contribution is -0.136. The van der Waals surface area contributed by atoms with Gasteiger partial charge < -0.3 is 19.5 Å². The van der Waals surface area contributed by atoms with Crippen LogP contribution in [0.3, 0.4) is 0 Å². The first-order chi connectivity index (χ1) is 22.0. The highest BCUT2D eigenvalue weighted by Gasteiger charge is 2.45. The summed E-state index contributed by atoms with van der Waals surface area (Å²) < 4.78 is 16.9. The van der Waals surface area contributed by atoms with Gasteiger partial charge in [-0.25, -0.2) is 0 Å². The van der Waals surface area contributed by atoms with Gasteiger partial charge in [-0.15, -0.1) is 0 Å². The summed E-state index contributed by atoms with van der Waals surface area (Å²) >= 11 is 0. The lowest BCUT2D eigenvalue weighted by Gasteiger charge is -2.27. The van der Waals surface area contributed by atoms with E-state index in [0.717, 1.165) is 17.9 Å². The van der Waals surface area contributed by atoms with E-state index in [2.05, 4.69) is 17.6 Å². The van der Waals surface area contributed by atoms with E-state index < -0.39 is 29.7 Å². The Bertz CT molecular complexity index is 1060. The molecule has 3 rings (SSSR count). The molecule has 2 aliphatic heterocycles. The zero-order valence-corrected chi connectivity index (χ0v) is 27.4. The van der Waals surface area contributed by atoms with Crippen molar-refractivity contribution in [3.63, 3.8) is 0 Å². The first kappa shape index (κ1) is 36.6. The minimum absolute atomic E-state index is 0.0858. The van der Waals surface area contributed by atoms with Crippen molar-refractivity contribution in [1.29, 1.82) is 0 Å². The number of hydrogen-bond donors (Lipinski definition) is 2. The maximum Gasteiger partial charge on any atom is 0.264 e. The van der Waals surface area contributed by atoms with Gasteiger partial charge in [-0.1, -0.05) is 96.5 Å². The van der Waals surface area contributed by atoms with Crippen molar-refractivity contribution in [2.24, 2.45) is 0 Å². The van der Waals surface area contributed by atoms with E-state index in [-0.39, 0.29) is 24.0 Å². The molecule has 0 aliphatic carbocycles. The minimum atomic E-state index is -0.985. The summed E-state index contributed by atoms with van der Waals surface area (Å²) in [6.07, 6.45) is 19.1. The first-order valence-electron chi connectivity index (χ1n) is 17.4. The van der Waals surface area contributed by atoms with Crippen molar-refractivity contribution in [1.82, 2.24) is 10.2 Å². The molecule has 0 radical (unpaired) electrons. The van der Waals surface area contributed by atoms with Crippen LogP contribution in [0.1, 0.15) is 130 Å². The number of ether oxygens (including phenoxy) is 3. The topological polar surface area (TPSA) is 123 Å². The van der Waals surface area contributed by atoms with E-state index >= 15 is 0 Å². The summed E-state index contributed by atoms with van der Waals surface area (Å²) in [5.74, 6) is -2.08. The maximum absolute atomic E-state index is 13.1. The number of carbonyl (C=O) groups is 4. The lowest BCUT2D eigenvalue weighted by Crippen LogP contribution is -2.54. The van der Waals surface area contributed by atoms with Crippen LogP contribution in [0, 0.1) is 0 Å². The van der Waals surface area contributed by atoms with Crippen LogP contribution < -0.4 is 10.6 Å². The molecular weight excluding hydrogens is 574 g/mol. The van der Waals surface area contributed by atoms with Gasteiger partial charge in [0.1, 0.15) is 6.04 Å². The number of carbonyl (C=O) groups excluding carboxylic acids is 4. The van der Waals surface area contributed by atoms with Gasteiger partial charge in [0, 0.05) is 25.3 Å². The molecule has 10 heteroatoms. The molecule has 0 saturated carbocycles. The molecule has 252 valence electrons. The Hall–Kier alpha value is -2.82. The van der Waals surface area contributed by atoms with Gasteiger partial charge in [-0.3, -0.25) is 29.4 Å². The SMILES string of the molecule is CCCCCCCCCCCCCCCCOCCOCCOCCNc1cccc2c1C(=O)N(C1CCC(=O)NC1=O)C2=O. The number of piperidine rings is 1. The molecule has 2 N–H and O–H groups in total. The van der Waals surface area contributed by atoms with Crippen molar-refractivity contribution in [3.05, 3.63) is 29.3 Å². The summed E-state index contributed by atoms with van der Waals surface area (Å²) in [7, 11) is 0. The summed E-state index contributed by atoms with van der Waals surface area (Å²) in [5.41, 5.74) is 0.997. The van der Waals surface area contributed by atoms with Crippen LogP contribution in [0.2, 0.25) is 0 Å². The molecule has 0 aromatic heterocycles. The molecule has 1 fully saturated rings. The predicted molar refractivity (Wildman–Crippen MR) is 174 cm³/mol. The Morgan fingerprint density at radius 1 is 0.711 bits per heavy atom. The van der Waals surface area contributed by atoms with Crippen molar-refractivity contribution in [2.75, 3.05) is 51.5 Å². The van der Waals surface area contributed by atoms with E-state index in [1.807, 2.05) is 0 Å². The minimum Gasteiger partial charge on any atom is -0.382 e. The summed E-state index contributed by atoms with van der Waals surface area (Å²) in [5, 5.41) is 5.37. The molecule has 0 bridgehead atoms. The van der Waals surface area contributed by atoms with E-state index in [1.165, 1.54) is 83.5 Å². The second kappa shape index (κ2) is 21.8. The number of benzene rings is 1. The number of anilines is 1. The third kappa shape index (κ3) is 12.8. The number of amides is 4. The molecule has 10 nitrogen and oxygen atoms in total. The second-order valence-corrected chi connectivity index (χ2v) is 12.0. The van der Waals surface area contributed by atoms with Crippen molar-refractivity contribution in [3.8, 4) is 0 Å². The van der Waals surface area contributed by atoms with Gasteiger partial charge in [0.15, 0.2) is 0 Å². The normalized spacial score (nSPS) is 16.4. The second-order valence-electron chi connectivity index (χ2n) is 12.0. The molecule has 1 atom stereocenters. The average Bonchev–Trinajstić information content (AvgIpc) is 3.29. The fraction of sp³-hybridized carbons (Fsp3) is 0.714. The Balaban J connectivity index is 1.12. The van der Waals surface area contributed by atoms with Crippen LogP contribution in [0.15, 0.2) is 18.2 Å². The molecule has 1 unspecified atom stereocenters. The third-order valence-electron chi connectivity index (χ3n) is 8.42. The molecule has 2 aliphatic rings. The fourth-order valence-electron chi connectivity index (χ4n) is 5.86. The lowest BCUT2D eigenvalue weighted by atomic mass is 10.0. The number of hydrogen-bond acceptors (Lipinski definition) is 8. The quantitative estimate of drug-likeness (QED) is 0.0941. The van der Waals surface area contributed by atoms with Gasteiger partial charge in [0.05, 0.1) is 44.2 Å². The van der Waals surface area contributed by atoms with Crippen molar-refractivity contribution < 1.29 is 33.4 Å². The molecule has 1 saturated heterocycles.